The quantitative estimate of drug-likeness (QED) is 0.771. The molecule has 2 rings (SSSR count). The van der Waals surface area contributed by atoms with Crippen molar-refractivity contribution in [3.05, 3.63) is 46.4 Å². The number of nitrogens with one attached hydrogen (secondary N) is 1. The number of H-pyrrole nitrogens is 1. The summed E-state index contributed by atoms with van der Waals surface area (Å²) in [7, 11) is 0. The molecule has 2 N–H and O–H groups in total. The second-order valence-electron chi connectivity index (χ2n) is 3.00. The van der Waals surface area contributed by atoms with E-state index in [0.717, 1.165) is 16.7 Å². The lowest BCUT2D eigenvalue weighted by molar-refractivity contribution is 0.0692. The van der Waals surface area contributed by atoms with Crippen LogP contribution in [0.2, 0.25) is 0 Å². The van der Waals surface area contributed by atoms with Gasteiger partial charge in [0.05, 0.1) is 11.3 Å². The van der Waals surface area contributed by atoms with Crippen LogP contribution in [0.4, 0.5) is 4.39 Å². The van der Waals surface area contributed by atoms with Gasteiger partial charge in [0.2, 0.25) is 0 Å². The van der Waals surface area contributed by atoms with E-state index in [4.69, 9.17) is 5.11 Å². The van der Waals surface area contributed by atoms with E-state index in [9.17, 15) is 14.0 Å². The first-order valence-corrected chi connectivity index (χ1v) is 4.25. The molecule has 0 saturated heterocycles. The van der Waals surface area contributed by atoms with Gasteiger partial charge in [0.1, 0.15) is 12.1 Å². The number of aromatic nitrogens is 3. The van der Waals surface area contributed by atoms with Crippen LogP contribution in [-0.2, 0) is 0 Å². The number of aromatic carboxylic acids is 1. The first-order valence-electron chi connectivity index (χ1n) is 4.25. The van der Waals surface area contributed by atoms with Crippen LogP contribution >= 0.6 is 0 Å². The number of nitrogens with zero attached hydrogens (tertiary/aromatic N) is 2. The molecule has 82 valence electrons. The van der Waals surface area contributed by atoms with Gasteiger partial charge in [-0.1, -0.05) is 0 Å². The molecule has 0 spiro atoms. The third-order valence-electron chi connectivity index (χ3n) is 2.01. The zero-order valence-corrected chi connectivity index (χ0v) is 7.85. The van der Waals surface area contributed by atoms with Crippen LogP contribution < -0.4 is 5.69 Å². The highest BCUT2D eigenvalue weighted by Crippen LogP contribution is 2.12. The summed E-state index contributed by atoms with van der Waals surface area (Å²) in [5.41, 5.74) is -0.760. The predicted molar refractivity (Wildman–Crippen MR) is 51.1 cm³/mol. The monoisotopic (exact) mass is 223 g/mol. The summed E-state index contributed by atoms with van der Waals surface area (Å²) in [5, 5.41) is 14.2. The smallest absolute Gasteiger partial charge is 0.347 e. The highest BCUT2D eigenvalue weighted by molar-refractivity contribution is 5.88. The molecule has 16 heavy (non-hydrogen) atoms. The largest absolute Gasteiger partial charge is 0.478 e. The van der Waals surface area contributed by atoms with Crippen molar-refractivity contribution in [2.45, 2.75) is 0 Å². The maximum Gasteiger partial charge on any atom is 0.347 e. The molecule has 0 bridgehead atoms. The lowest BCUT2D eigenvalue weighted by Crippen LogP contribution is -2.14. The molecule has 6 nitrogen and oxygen atoms in total. The second kappa shape index (κ2) is 3.61. The fraction of sp³-hybridized carbons (Fsp3) is 0. The molecule has 0 aliphatic carbocycles. The molecule has 0 fully saturated rings. The van der Waals surface area contributed by atoms with Crippen LogP contribution in [0.25, 0.3) is 5.69 Å². The van der Waals surface area contributed by atoms with Crippen molar-refractivity contribution >= 4 is 5.97 Å². The van der Waals surface area contributed by atoms with Crippen LogP contribution in [0.15, 0.2) is 29.3 Å². The van der Waals surface area contributed by atoms with Crippen molar-refractivity contribution in [3.63, 3.8) is 0 Å². The maximum absolute atomic E-state index is 13.3. The third kappa shape index (κ3) is 1.58. The maximum atomic E-state index is 13.3. The highest BCUT2D eigenvalue weighted by Gasteiger charge is 2.11. The van der Waals surface area contributed by atoms with Crippen molar-refractivity contribution in [3.8, 4) is 5.69 Å². The molecule has 7 heteroatoms. The number of carboxylic acid groups (broad SMARTS) is 1. The third-order valence-corrected chi connectivity index (χ3v) is 2.01. The summed E-state index contributed by atoms with van der Waals surface area (Å²) in [4.78, 5) is 21.7. The summed E-state index contributed by atoms with van der Waals surface area (Å²) in [6, 6.07) is 3.37. The highest BCUT2D eigenvalue weighted by atomic mass is 19.1. The Morgan fingerprint density at radius 3 is 2.75 bits per heavy atom. The fourth-order valence-electron chi connectivity index (χ4n) is 1.26. The van der Waals surface area contributed by atoms with Gasteiger partial charge in [-0.2, -0.15) is 5.10 Å². The molecule has 0 radical (unpaired) electrons. The lowest BCUT2D eigenvalue weighted by atomic mass is 10.2. The van der Waals surface area contributed by atoms with E-state index < -0.39 is 23.0 Å². The molecule has 1 aromatic carbocycles. The van der Waals surface area contributed by atoms with E-state index in [1.54, 1.807) is 0 Å². The van der Waals surface area contributed by atoms with Gasteiger partial charge in [0.25, 0.3) is 0 Å². The molecular formula is C9H6FN3O3. The minimum Gasteiger partial charge on any atom is -0.478 e. The van der Waals surface area contributed by atoms with Crippen molar-refractivity contribution in [1.29, 1.82) is 0 Å². The van der Waals surface area contributed by atoms with Crippen molar-refractivity contribution in [2.24, 2.45) is 0 Å². The molecule has 1 aromatic heterocycles. The number of halogens is 1. The first-order chi connectivity index (χ1) is 7.59. The minimum absolute atomic E-state index is 0.209. The average molecular weight is 223 g/mol. The van der Waals surface area contributed by atoms with Gasteiger partial charge in [-0.15, -0.1) is 0 Å². The fourth-order valence-corrected chi connectivity index (χ4v) is 1.26. The summed E-state index contributed by atoms with van der Waals surface area (Å²) in [6.07, 6.45) is 1.18. The number of carboxylic acids is 1. The number of hydrogen-bond donors (Lipinski definition) is 2. The topological polar surface area (TPSA) is 88.0 Å². The van der Waals surface area contributed by atoms with Crippen molar-refractivity contribution in [2.75, 3.05) is 0 Å². The predicted octanol–water partition coefficient (Wildman–Crippen LogP) is 0.398. The number of benzene rings is 1. The van der Waals surface area contributed by atoms with E-state index >= 15 is 0 Å². The molecule has 2 aromatic rings. The Kier molecular flexibility index (Phi) is 2.28. The Hall–Kier alpha value is -2.44. The van der Waals surface area contributed by atoms with E-state index in [-0.39, 0.29) is 5.69 Å². The summed E-state index contributed by atoms with van der Waals surface area (Å²) >= 11 is 0. The van der Waals surface area contributed by atoms with Gasteiger partial charge >= 0.3 is 11.7 Å². The van der Waals surface area contributed by atoms with Gasteiger partial charge < -0.3 is 5.11 Å². The van der Waals surface area contributed by atoms with Crippen molar-refractivity contribution < 1.29 is 14.3 Å². The summed E-state index contributed by atoms with van der Waals surface area (Å²) < 4.78 is 14.4. The molecule has 0 atom stereocenters. The molecule has 0 saturated carbocycles. The lowest BCUT2D eigenvalue weighted by Gasteiger charge is -2.02. The van der Waals surface area contributed by atoms with Crippen LogP contribution in [0.5, 0.6) is 0 Å². The molecule has 1 heterocycles. The van der Waals surface area contributed by atoms with Gasteiger partial charge in [-0.05, 0) is 18.2 Å². The van der Waals surface area contributed by atoms with Gasteiger partial charge in [-0.3, -0.25) is 0 Å². The van der Waals surface area contributed by atoms with Gasteiger partial charge in [-0.25, -0.2) is 23.6 Å². The second-order valence-corrected chi connectivity index (χ2v) is 3.00. The van der Waals surface area contributed by atoms with E-state index in [1.807, 2.05) is 0 Å². The Labute approximate surface area is 88.0 Å². The van der Waals surface area contributed by atoms with Gasteiger partial charge in [0.15, 0.2) is 0 Å². The Morgan fingerprint density at radius 2 is 2.25 bits per heavy atom. The SMILES string of the molecule is O=C(O)c1ccc(-n2cn[nH]c2=O)cc1F. The Bertz CT molecular complexity index is 602. The standard InChI is InChI=1S/C9H6FN3O3/c10-7-3-5(1-2-6(7)8(14)15)13-4-11-12-9(13)16/h1-4H,(H,12,16)(H,14,15). The summed E-state index contributed by atoms with van der Waals surface area (Å²) in [6.45, 7) is 0. The van der Waals surface area contributed by atoms with E-state index in [0.29, 0.717) is 0 Å². The van der Waals surface area contributed by atoms with Crippen LogP contribution in [-0.4, -0.2) is 25.8 Å². The molecular weight excluding hydrogens is 217 g/mol. The molecule has 0 amide bonds. The number of aromatic amines is 1. The van der Waals surface area contributed by atoms with E-state index in [1.165, 1.54) is 12.4 Å². The number of carbonyl (C=O) groups is 1. The first kappa shape index (κ1) is 10.1. The zero-order chi connectivity index (χ0) is 11.7. The minimum atomic E-state index is -1.36. The number of hydrogen-bond acceptors (Lipinski definition) is 3. The molecule has 0 aliphatic rings. The average Bonchev–Trinajstić information content (AvgIpc) is 2.63. The Morgan fingerprint density at radius 1 is 1.50 bits per heavy atom. The van der Waals surface area contributed by atoms with E-state index in [2.05, 4.69) is 10.2 Å². The van der Waals surface area contributed by atoms with Crippen LogP contribution in [0.3, 0.4) is 0 Å². The molecule has 0 unspecified atom stereocenters. The molecule has 0 aliphatic heterocycles. The summed E-state index contributed by atoms with van der Waals surface area (Å²) in [5.74, 6) is -2.26. The zero-order valence-electron chi connectivity index (χ0n) is 7.85. The van der Waals surface area contributed by atoms with Gasteiger partial charge in [0, 0.05) is 0 Å². The normalized spacial score (nSPS) is 10.3. The van der Waals surface area contributed by atoms with Crippen LogP contribution in [0.1, 0.15) is 10.4 Å². The van der Waals surface area contributed by atoms with Crippen LogP contribution in [0, 0.1) is 5.82 Å². The Balaban J connectivity index is 2.54. The van der Waals surface area contributed by atoms with Crippen molar-refractivity contribution in [1.82, 2.24) is 14.8 Å². The number of rotatable bonds is 2.